The number of ether oxygens (including phenoxy) is 1. The van der Waals surface area contributed by atoms with Crippen LogP contribution in [0.2, 0.25) is 0 Å². The van der Waals surface area contributed by atoms with Crippen LogP contribution >= 0.6 is 0 Å². The molecular weight excluding hydrogens is 218 g/mol. The average Bonchev–Trinajstić information content (AvgIpc) is 2.27. The van der Waals surface area contributed by atoms with Crippen molar-refractivity contribution in [1.82, 2.24) is 4.90 Å². The minimum absolute atomic E-state index is 0.197. The van der Waals surface area contributed by atoms with Crippen molar-refractivity contribution in [3.63, 3.8) is 0 Å². The highest BCUT2D eigenvalue weighted by Crippen LogP contribution is 2.19. The molecule has 1 amide bonds. The molecule has 0 radical (unpaired) electrons. The molecule has 0 atom stereocenters. The first-order valence-corrected chi connectivity index (χ1v) is 5.10. The van der Waals surface area contributed by atoms with Crippen molar-refractivity contribution in [3.05, 3.63) is 29.3 Å². The lowest BCUT2D eigenvalue weighted by Gasteiger charge is -2.15. The van der Waals surface area contributed by atoms with Crippen molar-refractivity contribution in [1.29, 1.82) is 5.26 Å². The average molecular weight is 233 g/mol. The summed E-state index contributed by atoms with van der Waals surface area (Å²) >= 11 is 0. The van der Waals surface area contributed by atoms with Gasteiger partial charge in [0.25, 0.3) is 0 Å². The van der Waals surface area contributed by atoms with Crippen LogP contribution in [-0.2, 0) is 11.3 Å². The lowest BCUT2D eigenvalue weighted by Crippen LogP contribution is -2.30. The molecule has 1 rings (SSSR count). The minimum atomic E-state index is -0.367. The van der Waals surface area contributed by atoms with E-state index in [0.717, 1.165) is 5.56 Å². The van der Waals surface area contributed by atoms with Crippen LogP contribution in [0.3, 0.4) is 0 Å². The molecule has 2 N–H and O–H groups in total. The highest BCUT2D eigenvalue weighted by Gasteiger charge is 2.07. The van der Waals surface area contributed by atoms with Gasteiger partial charge in [-0.15, -0.1) is 0 Å². The Morgan fingerprint density at radius 1 is 1.59 bits per heavy atom. The summed E-state index contributed by atoms with van der Waals surface area (Å²) in [5.41, 5.74) is 6.56. The third-order valence-electron chi connectivity index (χ3n) is 2.26. The molecule has 0 spiro atoms. The van der Waals surface area contributed by atoms with Crippen molar-refractivity contribution < 1.29 is 9.53 Å². The predicted octanol–water partition coefficient (Wildman–Crippen LogP) is 0.484. The van der Waals surface area contributed by atoms with Crippen LogP contribution in [0.15, 0.2) is 18.2 Å². The number of hydrogen-bond donors (Lipinski definition) is 1. The molecule has 5 nitrogen and oxygen atoms in total. The molecule has 0 aliphatic rings. The Balaban J connectivity index is 2.79. The van der Waals surface area contributed by atoms with E-state index in [1.165, 1.54) is 7.11 Å². The largest absolute Gasteiger partial charge is 0.495 e. The molecular formula is C12H15N3O2. The minimum Gasteiger partial charge on any atom is -0.495 e. The number of benzene rings is 1. The Bertz CT molecular complexity index is 452. The van der Waals surface area contributed by atoms with Gasteiger partial charge < -0.3 is 10.5 Å². The topological polar surface area (TPSA) is 79.3 Å². The van der Waals surface area contributed by atoms with E-state index in [2.05, 4.69) is 0 Å². The molecule has 0 aliphatic heterocycles. The zero-order valence-corrected chi connectivity index (χ0v) is 9.93. The molecule has 0 bridgehead atoms. The van der Waals surface area contributed by atoms with Crippen molar-refractivity contribution in [2.24, 2.45) is 5.73 Å². The summed E-state index contributed by atoms with van der Waals surface area (Å²) in [6.45, 7) is 0.771. The van der Waals surface area contributed by atoms with Gasteiger partial charge in [-0.1, -0.05) is 6.07 Å². The maximum absolute atomic E-state index is 10.7. The molecule has 0 fully saturated rings. The van der Waals surface area contributed by atoms with E-state index in [1.54, 1.807) is 24.1 Å². The number of methoxy groups -OCH3 is 1. The van der Waals surface area contributed by atoms with Crippen LogP contribution < -0.4 is 10.5 Å². The summed E-state index contributed by atoms with van der Waals surface area (Å²) in [4.78, 5) is 12.5. The molecule has 0 aliphatic carbocycles. The van der Waals surface area contributed by atoms with E-state index in [1.807, 2.05) is 12.1 Å². The van der Waals surface area contributed by atoms with E-state index >= 15 is 0 Å². The third kappa shape index (κ3) is 3.78. The Morgan fingerprint density at radius 3 is 2.82 bits per heavy atom. The fourth-order valence-corrected chi connectivity index (χ4v) is 1.56. The van der Waals surface area contributed by atoms with Gasteiger partial charge in [-0.05, 0) is 24.7 Å². The number of carbonyl (C=O) groups excluding carboxylic acids is 1. The zero-order chi connectivity index (χ0) is 12.8. The van der Waals surface area contributed by atoms with Crippen LogP contribution in [0.5, 0.6) is 5.75 Å². The molecule has 1 aromatic rings. The van der Waals surface area contributed by atoms with Crippen molar-refractivity contribution in [2.75, 3.05) is 20.7 Å². The van der Waals surface area contributed by atoms with Gasteiger partial charge in [0.1, 0.15) is 11.8 Å². The smallest absolute Gasteiger partial charge is 0.231 e. The van der Waals surface area contributed by atoms with Crippen LogP contribution in [0.25, 0.3) is 0 Å². The van der Waals surface area contributed by atoms with Crippen LogP contribution in [0.1, 0.15) is 11.1 Å². The second kappa shape index (κ2) is 5.87. The van der Waals surface area contributed by atoms with Gasteiger partial charge in [-0.25, -0.2) is 0 Å². The van der Waals surface area contributed by atoms with Gasteiger partial charge in [0.05, 0.1) is 19.2 Å². The van der Waals surface area contributed by atoms with E-state index in [0.29, 0.717) is 17.9 Å². The lowest BCUT2D eigenvalue weighted by atomic mass is 10.1. The molecule has 0 aromatic heterocycles. The normalized spacial score (nSPS) is 10.0. The Kier molecular flexibility index (Phi) is 4.49. The zero-order valence-electron chi connectivity index (χ0n) is 9.93. The summed E-state index contributed by atoms with van der Waals surface area (Å²) in [6, 6.07) is 7.37. The number of nitriles is 1. The summed E-state index contributed by atoms with van der Waals surface area (Å²) in [6.07, 6.45) is 0. The van der Waals surface area contributed by atoms with Gasteiger partial charge in [-0.3, -0.25) is 9.69 Å². The molecule has 0 saturated carbocycles. The predicted molar refractivity (Wildman–Crippen MR) is 63.2 cm³/mol. The molecule has 0 heterocycles. The van der Waals surface area contributed by atoms with E-state index in [9.17, 15) is 4.79 Å². The quantitative estimate of drug-likeness (QED) is 0.802. The van der Waals surface area contributed by atoms with Gasteiger partial charge >= 0.3 is 0 Å². The first-order chi connectivity index (χ1) is 8.06. The number of nitrogens with zero attached hydrogens (tertiary/aromatic N) is 2. The van der Waals surface area contributed by atoms with Crippen molar-refractivity contribution in [2.45, 2.75) is 6.54 Å². The molecule has 17 heavy (non-hydrogen) atoms. The highest BCUT2D eigenvalue weighted by atomic mass is 16.5. The summed E-state index contributed by atoms with van der Waals surface area (Å²) in [5, 5.41) is 8.84. The van der Waals surface area contributed by atoms with Gasteiger partial charge in [0, 0.05) is 6.54 Å². The highest BCUT2D eigenvalue weighted by molar-refractivity contribution is 5.75. The lowest BCUT2D eigenvalue weighted by molar-refractivity contribution is -0.118. The van der Waals surface area contributed by atoms with Crippen molar-refractivity contribution in [3.8, 4) is 11.8 Å². The number of carbonyl (C=O) groups is 1. The summed E-state index contributed by atoms with van der Waals surface area (Å²) < 4.78 is 5.11. The number of primary amides is 1. The molecule has 0 unspecified atom stereocenters. The maximum Gasteiger partial charge on any atom is 0.231 e. The number of likely N-dealkylation sites (N-methyl/N-ethyl adjacent to an activating group) is 1. The van der Waals surface area contributed by atoms with E-state index in [-0.39, 0.29) is 12.5 Å². The Hall–Kier alpha value is -2.06. The number of amides is 1. The monoisotopic (exact) mass is 233 g/mol. The SMILES string of the molecule is COc1cc(CN(C)CC(N)=O)ccc1C#N. The second-order valence-electron chi connectivity index (χ2n) is 3.79. The standard InChI is InChI=1S/C12H15N3O2/c1-15(8-12(14)16)7-9-3-4-10(6-13)11(5-9)17-2/h3-5H,7-8H2,1-2H3,(H2,14,16). The van der Waals surface area contributed by atoms with Crippen LogP contribution in [-0.4, -0.2) is 31.5 Å². The first-order valence-electron chi connectivity index (χ1n) is 5.10. The fraction of sp³-hybridized carbons (Fsp3) is 0.333. The van der Waals surface area contributed by atoms with Crippen LogP contribution in [0.4, 0.5) is 0 Å². The molecule has 5 heteroatoms. The molecule has 0 saturated heterocycles. The van der Waals surface area contributed by atoms with Crippen LogP contribution in [0, 0.1) is 11.3 Å². The van der Waals surface area contributed by atoms with E-state index < -0.39 is 0 Å². The third-order valence-corrected chi connectivity index (χ3v) is 2.26. The number of hydrogen-bond acceptors (Lipinski definition) is 4. The second-order valence-corrected chi connectivity index (χ2v) is 3.79. The Labute approximate surface area is 100 Å². The van der Waals surface area contributed by atoms with Gasteiger partial charge in [-0.2, -0.15) is 5.26 Å². The van der Waals surface area contributed by atoms with Gasteiger partial charge in [0.15, 0.2) is 0 Å². The Morgan fingerprint density at radius 2 is 2.29 bits per heavy atom. The maximum atomic E-state index is 10.7. The molecule has 90 valence electrons. The number of nitrogens with two attached hydrogens (primary N) is 1. The van der Waals surface area contributed by atoms with E-state index in [4.69, 9.17) is 15.7 Å². The number of rotatable bonds is 5. The fourth-order valence-electron chi connectivity index (χ4n) is 1.56. The summed E-state index contributed by atoms with van der Waals surface area (Å²) in [5.74, 6) is 0.172. The van der Waals surface area contributed by atoms with Gasteiger partial charge in [0.2, 0.25) is 5.91 Å². The summed E-state index contributed by atoms with van der Waals surface area (Å²) in [7, 11) is 3.32. The molecule has 1 aromatic carbocycles. The van der Waals surface area contributed by atoms with Crippen molar-refractivity contribution >= 4 is 5.91 Å². The first kappa shape index (κ1) is 13.0.